The van der Waals surface area contributed by atoms with Crippen molar-refractivity contribution < 1.29 is 0 Å². The third kappa shape index (κ3) is 8.99. The van der Waals surface area contributed by atoms with Gasteiger partial charge in [0.15, 0.2) is 0 Å². The summed E-state index contributed by atoms with van der Waals surface area (Å²) in [7, 11) is 0. The highest BCUT2D eigenvalue weighted by Gasteiger charge is 2.24. The molecule has 2 heteroatoms. The largest absolute Gasteiger partial charge is 0.356 e. The molecule has 0 aromatic heterocycles. The molecule has 0 saturated carbocycles. The van der Waals surface area contributed by atoms with Crippen molar-refractivity contribution in [1.29, 1.82) is 0 Å². The number of hydrogen-bond donors (Lipinski definition) is 0. The molecule has 24 heavy (non-hydrogen) atoms. The first-order valence-electron chi connectivity index (χ1n) is 11.0. The molecule has 1 rings (SSSR count). The summed E-state index contributed by atoms with van der Waals surface area (Å²) < 4.78 is 0. The van der Waals surface area contributed by atoms with Gasteiger partial charge in [-0.15, -0.1) is 0 Å². The molecule has 0 bridgehead atoms. The molecule has 0 fully saturated rings. The Morgan fingerprint density at radius 3 is 1.58 bits per heavy atom. The topological polar surface area (TPSA) is 6.48 Å². The van der Waals surface area contributed by atoms with Gasteiger partial charge in [0.05, 0.1) is 0 Å². The van der Waals surface area contributed by atoms with E-state index >= 15 is 0 Å². The molecule has 1 unspecified atom stereocenters. The number of nitrogens with zero attached hydrogens (tertiary/aromatic N) is 2. The van der Waals surface area contributed by atoms with Crippen molar-refractivity contribution in [3.8, 4) is 0 Å². The molecule has 1 heterocycles. The lowest BCUT2D eigenvalue weighted by molar-refractivity contribution is 0.138. The Morgan fingerprint density at radius 1 is 0.542 bits per heavy atom. The van der Waals surface area contributed by atoms with Crippen LogP contribution in [0.15, 0.2) is 12.4 Å². The molecule has 1 aliphatic heterocycles. The zero-order chi connectivity index (χ0) is 17.5. The summed E-state index contributed by atoms with van der Waals surface area (Å²) in [6, 6.07) is 0. The Morgan fingerprint density at radius 2 is 1.04 bits per heavy atom. The van der Waals surface area contributed by atoms with Crippen molar-refractivity contribution in [3.05, 3.63) is 12.4 Å². The molecule has 0 aromatic carbocycles. The quantitative estimate of drug-likeness (QED) is 0.282. The normalized spacial score (nSPS) is 17.2. The van der Waals surface area contributed by atoms with Gasteiger partial charge < -0.3 is 9.80 Å². The average molecular weight is 337 g/mol. The minimum Gasteiger partial charge on any atom is -0.356 e. The van der Waals surface area contributed by atoms with Crippen molar-refractivity contribution >= 4 is 0 Å². The Kier molecular flexibility index (Phi) is 13.1. The van der Waals surface area contributed by atoms with Crippen LogP contribution in [0.2, 0.25) is 0 Å². The molecule has 0 radical (unpaired) electrons. The first-order valence-corrected chi connectivity index (χ1v) is 11.0. The average Bonchev–Trinajstić information content (AvgIpc) is 2.97. The van der Waals surface area contributed by atoms with Gasteiger partial charge >= 0.3 is 0 Å². The molecule has 0 amide bonds. The third-order valence-electron chi connectivity index (χ3n) is 5.28. The lowest BCUT2D eigenvalue weighted by Crippen LogP contribution is -2.39. The van der Waals surface area contributed by atoms with E-state index in [0.717, 1.165) is 0 Å². The number of hydrogen-bond acceptors (Lipinski definition) is 2. The fraction of sp³-hybridized carbons (Fsp3) is 0.909. The van der Waals surface area contributed by atoms with Crippen LogP contribution in [0.25, 0.3) is 0 Å². The van der Waals surface area contributed by atoms with Crippen molar-refractivity contribution in [2.45, 2.75) is 117 Å². The van der Waals surface area contributed by atoms with E-state index in [-0.39, 0.29) is 0 Å². The maximum atomic E-state index is 2.59. The molecule has 0 aromatic rings. The molecule has 1 aliphatic rings. The zero-order valence-corrected chi connectivity index (χ0v) is 16.9. The molecule has 0 aliphatic carbocycles. The fourth-order valence-corrected chi connectivity index (χ4v) is 3.75. The van der Waals surface area contributed by atoms with Gasteiger partial charge in [-0.25, -0.2) is 0 Å². The summed E-state index contributed by atoms with van der Waals surface area (Å²) in [5.74, 6) is 0. The van der Waals surface area contributed by atoms with Gasteiger partial charge in [0.2, 0.25) is 0 Å². The lowest BCUT2D eigenvalue weighted by Gasteiger charge is -2.33. The van der Waals surface area contributed by atoms with Gasteiger partial charge in [0.1, 0.15) is 6.17 Å². The van der Waals surface area contributed by atoms with Gasteiger partial charge in [-0.3, -0.25) is 0 Å². The first-order chi connectivity index (χ1) is 11.8. The minimum atomic E-state index is 0.644. The van der Waals surface area contributed by atoms with E-state index in [4.69, 9.17) is 0 Å². The predicted molar refractivity (Wildman–Crippen MR) is 108 cm³/mol. The maximum absolute atomic E-state index is 2.59. The van der Waals surface area contributed by atoms with E-state index in [0.29, 0.717) is 6.17 Å². The van der Waals surface area contributed by atoms with E-state index in [9.17, 15) is 0 Å². The van der Waals surface area contributed by atoms with Gasteiger partial charge in [-0.05, 0) is 25.7 Å². The van der Waals surface area contributed by atoms with Gasteiger partial charge in [-0.1, -0.05) is 85.0 Å². The fourth-order valence-electron chi connectivity index (χ4n) is 3.75. The Hall–Kier alpha value is -0.660. The SMILES string of the molecule is CCCCCCCCCCCCC1N(CCC)C=CN1CCCC. The molecule has 2 nitrogen and oxygen atoms in total. The highest BCUT2D eigenvalue weighted by Crippen LogP contribution is 2.22. The van der Waals surface area contributed by atoms with Gasteiger partial charge in [0.25, 0.3) is 0 Å². The monoisotopic (exact) mass is 336 g/mol. The second-order valence-corrected chi connectivity index (χ2v) is 7.58. The van der Waals surface area contributed by atoms with E-state index in [2.05, 4.69) is 43.0 Å². The summed E-state index contributed by atoms with van der Waals surface area (Å²) in [6.45, 7) is 9.32. The minimum absolute atomic E-state index is 0.644. The molecular formula is C22H44N2. The highest BCUT2D eigenvalue weighted by molar-refractivity contribution is 4.96. The van der Waals surface area contributed by atoms with Crippen LogP contribution in [0, 0.1) is 0 Å². The van der Waals surface area contributed by atoms with E-state index in [1.54, 1.807) is 0 Å². The van der Waals surface area contributed by atoms with Crippen molar-refractivity contribution in [1.82, 2.24) is 9.80 Å². The molecule has 142 valence electrons. The van der Waals surface area contributed by atoms with Crippen molar-refractivity contribution in [2.24, 2.45) is 0 Å². The van der Waals surface area contributed by atoms with E-state index < -0.39 is 0 Å². The molecule has 0 spiro atoms. The lowest BCUT2D eigenvalue weighted by atomic mass is 10.0. The summed E-state index contributed by atoms with van der Waals surface area (Å²) in [5, 5.41) is 0. The Labute approximate surface area is 152 Å². The number of rotatable bonds is 16. The number of unbranched alkanes of at least 4 members (excludes halogenated alkanes) is 10. The van der Waals surface area contributed by atoms with Crippen LogP contribution in [0.1, 0.15) is 111 Å². The highest BCUT2D eigenvalue weighted by atomic mass is 15.4. The summed E-state index contributed by atoms with van der Waals surface area (Å²) >= 11 is 0. The van der Waals surface area contributed by atoms with Crippen LogP contribution in [0.4, 0.5) is 0 Å². The second-order valence-electron chi connectivity index (χ2n) is 7.58. The van der Waals surface area contributed by atoms with Crippen molar-refractivity contribution in [3.63, 3.8) is 0 Å². The first kappa shape index (κ1) is 21.4. The maximum Gasteiger partial charge on any atom is 0.101 e. The summed E-state index contributed by atoms with van der Waals surface area (Å²) in [5.41, 5.74) is 0. The second kappa shape index (κ2) is 14.7. The zero-order valence-electron chi connectivity index (χ0n) is 16.9. The van der Waals surface area contributed by atoms with Crippen LogP contribution in [0.3, 0.4) is 0 Å². The van der Waals surface area contributed by atoms with Gasteiger partial charge in [0, 0.05) is 25.5 Å². The molecule has 1 atom stereocenters. The standard InChI is InChI=1S/C22H44N2/c1-4-7-9-10-11-12-13-14-15-16-17-22-23(18-6-3)20-21-24(22)19-8-5-2/h20-22H,4-19H2,1-3H3. The van der Waals surface area contributed by atoms with Crippen molar-refractivity contribution in [2.75, 3.05) is 13.1 Å². The smallest absolute Gasteiger partial charge is 0.101 e. The van der Waals surface area contributed by atoms with Crippen LogP contribution >= 0.6 is 0 Å². The van der Waals surface area contributed by atoms with Crippen LogP contribution < -0.4 is 0 Å². The van der Waals surface area contributed by atoms with Gasteiger partial charge in [-0.2, -0.15) is 0 Å². The van der Waals surface area contributed by atoms with Crippen LogP contribution in [-0.2, 0) is 0 Å². The predicted octanol–water partition coefficient (Wildman–Crippen LogP) is 6.92. The van der Waals surface area contributed by atoms with E-state index in [1.165, 1.54) is 103 Å². The van der Waals surface area contributed by atoms with E-state index in [1.807, 2.05) is 0 Å². The molecule has 0 N–H and O–H groups in total. The van der Waals surface area contributed by atoms with Crippen LogP contribution in [-0.4, -0.2) is 29.1 Å². The van der Waals surface area contributed by atoms with Crippen LogP contribution in [0.5, 0.6) is 0 Å². The Bertz CT molecular complexity index is 300. The third-order valence-corrected chi connectivity index (χ3v) is 5.28. The molecular weight excluding hydrogens is 292 g/mol. The Balaban J connectivity index is 2.09. The summed E-state index contributed by atoms with van der Waals surface area (Å²) in [6.07, 6.45) is 24.8. The molecule has 0 saturated heterocycles. The summed E-state index contributed by atoms with van der Waals surface area (Å²) in [4.78, 5) is 5.16.